The molecule has 21 heavy (non-hydrogen) atoms. The smallest absolute Gasteiger partial charge is 0.355 e. The van der Waals surface area contributed by atoms with Crippen LogP contribution in [0.2, 0.25) is 0 Å². The normalized spacial score (nSPS) is 10.3. The maximum absolute atomic E-state index is 12.0. The number of benzene rings is 1. The Kier molecular flexibility index (Phi) is 4.73. The largest absolute Gasteiger partial charge is 0.478 e. The number of carbonyl (C=O) groups excluding carboxylic acids is 1. The second kappa shape index (κ2) is 6.71. The van der Waals surface area contributed by atoms with Gasteiger partial charge in [-0.2, -0.15) is 0 Å². The molecule has 2 rings (SSSR count). The number of aromatic carboxylic acids is 1. The molecule has 1 aromatic heterocycles. The van der Waals surface area contributed by atoms with Gasteiger partial charge in [0.15, 0.2) is 0 Å². The number of methoxy groups -OCH3 is 1. The molecular weight excluding hydrogens is 274 g/mol. The van der Waals surface area contributed by atoms with E-state index in [0.29, 0.717) is 11.1 Å². The van der Waals surface area contributed by atoms with E-state index in [1.807, 2.05) is 6.07 Å². The molecule has 0 unspecified atom stereocenters. The Balaban J connectivity index is 2.38. The Hall–Kier alpha value is -2.60. The van der Waals surface area contributed by atoms with E-state index in [9.17, 15) is 14.7 Å². The highest BCUT2D eigenvalue weighted by molar-refractivity contribution is 6.04. The fourth-order valence-corrected chi connectivity index (χ4v) is 1.95. The molecule has 6 heteroatoms. The third kappa shape index (κ3) is 3.29. The fraction of sp³-hybridized carbons (Fsp3) is 0.200. The van der Waals surface area contributed by atoms with Gasteiger partial charge >= 0.3 is 11.9 Å². The molecule has 0 aliphatic rings. The van der Waals surface area contributed by atoms with Gasteiger partial charge in [0.1, 0.15) is 12.3 Å². The number of esters is 1. The van der Waals surface area contributed by atoms with Crippen LogP contribution in [0.1, 0.15) is 20.8 Å². The minimum atomic E-state index is -1.11. The van der Waals surface area contributed by atoms with Crippen LogP contribution >= 0.6 is 0 Å². The van der Waals surface area contributed by atoms with Gasteiger partial charge in [-0.05, 0) is 5.56 Å². The van der Waals surface area contributed by atoms with Crippen molar-refractivity contribution in [3.8, 4) is 11.1 Å². The highest BCUT2D eigenvalue weighted by atomic mass is 16.6. The van der Waals surface area contributed by atoms with Crippen molar-refractivity contribution in [2.75, 3.05) is 20.3 Å². The second-order valence-corrected chi connectivity index (χ2v) is 4.25. The standard InChI is InChI=1S/C15H15NO5/c1-20-7-8-21-15(19)13-12(10-5-3-2-4-6-10)11(9-16-13)14(17)18/h2-6,9,16H,7-8H2,1H3,(H,17,18). The maximum Gasteiger partial charge on any atom is 0.355 e. The zero-order chi connectivity index (χ0) is 15.2. The Bertz CT molecular complexity index is 633. The van der Waals surface area contributed by atoms with Crippen LogP contribution in [-0.4, -0.2) is 42.4 Å². The SMILES string of the molecule is COCCOC(=O)c1[nH]cc(C(=O)O)c1-c1ccccc1. The van der Waals surface area contributed by atoms with Crippen molar-refractivity contribution in [1.82, 2.24) is 4.98 Å². The molecule has 0 bridgehead atoms. The highest BCUT2D eigenvalue weighted by Crippen LogP contribution is 2.28. The molecule has 0 radical (unpaired) electrons. The van der Waals surface area contributed by atoms with Gasteiger partial charge in [-0.1, -0.05) is 30.3 Å². The molecule has 6 nitrogen and oxygen atoms in total. The molecule has 0 saturated heterocycles. The molecule has 1 heterocycles. The number of hydrogen-bond acceptors (Lipinski definition) is 4. The van der Waals surface area contributed by atoms with Crippen LogP contribution in [0.4, 0.5) is 0 Å². The zero-order valence-electron chi connectivity index (χ0n) is 11.5. The summed E-state index contributed by atoms with van der Waals surface area (Å²) in [5, 5.41) is 9.24. The molecule has 0 aliphatic carbocycles. The summed E-state index contributed by atoms with van der Waals surface area (Å²) in [6.07, 6.45) is 1.29. The quantitative estimate of drug-likeness (QED) is 0.628. The lowest BCUT2D eigenvalue weighted by atomic mass is 10.0. The van der Waals surface area contributed by atoms with Crippen LogP contribution in [0.3, 0.4) is 0 Å². The molecule has 110 valence electrons. The summed E-state index contributed by atoms with van der Waals surface area (Å²) in [6, 6.07) is 8.83. The monoisotopic (exact) mass is 289 g/mol. The van der Waals surface area contributed by atoms with Gasteiger partial charge in [0.05, 0.1) is 12.2 Å². The minimum absolute atomic E-state index is 0.0277. The molecule has 0 spiro atoms. The molecule has 0 saturated carbocycles. The first-order chi connectivity index (χ1) is 10.1. The lowest BCUT2D eigenvalue weighted by molar-refractivity contribution is 0.0383. The summed E-state index contributed by atoms with van der Waals surface area (Å²) in [5.74, 6) is -1.72. The van der Waals surface area contributed by atoms with Crippen LogP contribution in [-0.2, 0) is 9.47 Å². The highest BCUT2D eigenvalue weighted by Gasteiger charge is 2.23. The van der Waals surface area contributed by atoms with Crippen molar-refractivity contribution < 1.29 is 24.2 Å². The Morgan fingerprint density at radius 1 is 1.19 bits per heavy atom. The van der Waals surface area contributed by atoms with E-state index in [1.165, 1.54) is 13.3 Å². The molecule has 0 aliphatic heterocycles. The Morgan fingerprint density at radius 3 is 2.52 bits per heavy atom. The van der Waals surface area contributed by atoms with E-state index in [-0.39, 0.29) is 24.5 Å². The predicted octanol–water partition coefficient (Wildman–Crippen LogP) is 2.18. The summed E-state index contributed by atoms with van der Waals surface area (Å²) >= 11 is 0. The summed E-state index contributed by atoms with van der Waals surface area (Å²) in [4.78, 5) is 26.0. The van der Waals surface area contributed by atoms with Gasteiger partial charge in [0.25, 0.3) is 0 Å². The van der Waals surface area contributed by atoms with Crippen LogP contribution in [0.15, 0.2) is 36.5 Å². The lowest BCUT2D eigenvalue weighted by Gasteiger charge is -2.06. The predicted molar refractivity (Wildman–Crippen MR) is 75.3 cm³/mol. The first-order valence-electron chi connectivity index (χ1n) is 6.31. The number of hydrogen-bond donors (Lipinski definition) is 2. The number of carboxylic acids is 1. The number of carboxylic acid groups (broad SMARTS) is 1. The van der Waals surface area contributed by atoms with Crippen molar-refractivity contribution in [3.63, 3.8) is 0 Å². The number of nitrogens with one attached hydrogen (secondary N) is 1. The molecular formula is C15H15NO5. The number of H-pyrrole nitrogens is 1. The maximum atomic E-state index is 12.0. The Labute approximate surface area is 121 Å². The average Bonchev–Trinajstić information content (AvgIpc) is 2.93. The van der Waals surface area contributed by atoms with E-state index in [4.69, 9.17) is 9.47 Å². The van der Waals surface area contributed by atoms with E-state index in [1.54, 1.807) is 24.3 Å². The van der Waals surface area contributed by atoms with Crippen molar-refractivity contribution in [2.45, 2.75) is 0 Å². The number of carbonyl (C=O) groups is 2. The van der Waals surface area contributed by atoms with E-state index >= 15 is 0 Å². The second-order valence-electron chi connectivity index (χ2n) is 4.25. The number of aromatic nitrogens is 1. The van der Waals surface area contributed by atoms with Gasteiger partial charge in [-0.3, -0.25) is 0 Å². The van der Waals surface area contributed by atoms with Gasteiger partial charge in [-0.25, -0.2) is 9.59 Å². The molecule has 1 aromatic carbocycles. The lowest BCUT2D eigenvalue weighted by Crippen LogP contribution is -2.11. The molecule has 2 aromatic rings. The summed E-state index contributed by atoms with van der Waals surface area (Å²) in [6.45, 7) is 0.379. The first kappa shape index (κ1) is 14.8. The van der Waals surface area contributed by atoms with Crippen molar-refractivity contribution in [1.29, 1.82) is 0 Å². The molecule has 0 fully saturated rings. The number of aromatic amines is 1. The van der Waals surface area contributed by atoms with Crippen molar-refractivity contribution in [3.05, 3.63) is 47.8 Å². The molecule has 0 amide bonds. The fourth-order valence-electron chi connectivity index (χ4n) is 1.95. The molecule has 2 N–H and O–H groups in total. The van der Waals surface area contributed by atoms with Crippen molar-refractivity contribution >= 4 is 11.9 Å². The summed E-state index contributed by atoms with van der Waals surface area (Å²) < 4.78 is 9.84. The van der Waals surface area contributed by atoms with Crippen molar-refractivity contribution in [2.24, 2.45) is 0 Å². The van der Waals surface area contributed by atoms with Crippen LogP contribution in [0.25, 0.3) is 11.1 Å². The molecule has 0 atom stereocenters. The topological polar surface area (TPSA) is 88.6 Å². The third-order valence-corrected chi connectivity index (χ3v) is 2.90. The average molecular weight is 289 g/mol. The van der Waals surface area contributed by atoms with Gasteiger partial charge < -0.3 is 19.6 Å². The number of rotatable bonds is 6. The van der Waals surface area contributed by atoms with Crippen LogP contribution in [0.5, 0.6) is 0 Å². The first-order valence-corrected chi connectivity index (χ1v) is 6.31. The van der Waals surface area contributed by atoms with E-state index < -0.39 is 11.9 Å². The number of ether oxygens (including phenoxy) is 2. The van der Waals surface area contributed by atoms with Gasteiger partial charge in [-0.15, -0.1) is 0 Å². The third-order valence-electron chi connectivity index (χ3n) is 2.90. The zero-order valence-corrected chi connectivity index (χ0v) is 11.5. The Morgan fingerprint density at radius 2 is 1.90 bits per heavy atom. The van der Waals surface area contributed by atoms with Crippen LogP contribution in [0, 0.1) is 0 Å². The minimum Gasteiger partial charge on any atom is -0.478 e. The van der Waals surface area contributed by atoms with E-state index in [2.05, 4.69) is 4.98 Å². The summed E-state index contributed by atoms with van der Waals surface area (Å²) in [7, 11) is 1.50. The van der Waals surface area contributed by atoms with Gasteiger partial charge in [0, 0.05) is 18.9 Å². The van der Waals surface area contributed by atoms with Gasteiger partial charge in [0.2, 0.25) is 0 Å². The van der Waals surface area contributed by atoms with E-state index in [0.717, 1.165) is 0 Å². The summed E-state index contributed by atoms with van der Waals surface area (Å²) in [5.41, 5.74) is 1.11. The van der Waals surface area contributed by atoms with Crippen LogP contribution < -0.4 is 0 Å².